The Labute approximate surface area is 238 Å². The first-order valence-corrected chi connectivity index (χ1v) is 13.6. The van der Waals surface area contributed by atoms with Crippen LogP contribution in [0, 0.1) is 0 Å². The van der Waals surface area contributed by atoms with Gasteiger partial charge in [-0.2, -0.15) is 0 Å². The van der Waals surface area contributed by atoms with Crippen LogP contribution < -0.4 is 29.5 Å². The quantitative estimate of drug-likeness (QED) is 0.283. The number of methoxy groups -OCH3 is 1. The number of carbonyl (C=O) groups is 2. The van der Waals surface area contributed by atoms with E-state index < -0.39 is 24.6 Å². The van der Waals surface area contributed by atoms with E-state index in [2.05, 4.69) is 0 Å². The number of thiazole rings is 1. The van der Waals surface area contributed by atoms with Gasteiger partial charge < -0.3 is 24.1 Å². The minimum atomic E-state index is -1.32. The zero-order valence-electron chi connectivity index (χ0n) is 22.2. The smallest absolute Gasteiger partial charge is 0.338 e. The summed E-state index contributed by atoms with van der Waals surface area (Å²) in [5.41, 5.74) is 2.43. The number of hydrogen-bond acceptors (Lipinski definition) is 9. The van der Waals surface area contributed by atoms with E-state index in [1.807, 2.05) is 36.4 Å². The third-order valence-corrected chi connectivity index (χ3v) is 7.30. The van der Waals surface area contributed by atoms with Crippen LogP contribution in [-0.2, 0) is 14.3 Å². The third-order valence-electron chi connectivity index (χ3n) is 6.32. The van der Waals surface area contributed by atoms with E-state index in [4.69, 9.17) is 19.2 Å². The van der Waals surface area contributed by atoms with Gasteiger partial charge in [-0.05, 0) is 48.4 Å². The van der Waals surface area contributed by atoms with Gasteiger partial charge in [0, 0.05) is 5.56 Å². The molecule has 0 unspecified atom stereocenters. The molecule has 9 nitrogen and oxygen atoms in total. The predicted octanol–water partition coefficient (Wildman–Crippen LogP) is 2.07. The first-order chi connectivity index (χ1) is 19.9. The molecule has 0 fully saturated rings. The van der Waals surface area contributed by atoms with Crippen LogP contribution in [0.25, 0.3) is 11.8 Å². The fourth-order valence-electron chi connectivity index (χ4n) is 4.52. The largest absolute Gasteiger partial charge is 0.546 e. The second-order valence-electron chi connectivity index (χ2n) is 8.94. The molecule has 0 saturated carbocycles. The van der Waals surface area contributed by atoms with Crippen LogP contribution in [0.2, 0.25) is 0 Å². The fraction of sp³-hybridized carbons (Fsp3) is 0.161. The first kappa shape index (κ1) is 27.6. The maximum atomic E-state index is 13.9. The molecule has 0 aliphatic carbocycles. The number of fused-ring (bicyclic) bond motifs is 1. The van der Waals surface area contributed by atoms with Gasteiger partial charge >= 0.3 is 5.97 Å². The minimum absolute atomic E-state index is 0.155. The number of aliphatic carboxylic acids is 1. The molecule has 0 N–H and O–H groups in total. The van der Waals surface area contributed by atoms with Crippen molar-refractivity contribution in [2.75, 3.05) is 20.3 Å². The highest BCUT2D eigenvalue weighted by molar-refractivity contribution is 7.07. The Morgan fingerprint density at radius 1 is 1.02 bits per heavy atom. The van der Waals surface area contributed by atoms with Gasteiger partial charge in [-0.3, -0.25) is 9.36 Å². The molecule has 0 radical (unpaired) electrons. The number of carbonyl (C=O) groups excluding carboxylic acids is 2. The van der Waals surface area contributed by atoms with E-state index in [1.54, 1.807) is 62.6 Å². The van der Waals surface area contributed by atoms with E-state index in [9.17, 15) is 19.5 Å². The number of aromatic nitrogens is 1. The lowest BCUT2D eigenvalue weighted by atomic mass is 9.93. The van der Waals surface area contributed by atoms with Crippen molar-refractivity contribution in [2.24, 2.45) is 4.99 Å². The molecule has 0 spiro atoms. The van der Waals surface area contributed by atoms with Gasteiger partial charge in [-0.15, -0.1) is 0 Å². The summed E-state index contributed by atoms with van der Waals surface area (Å²) in [6.07, 6.45) is 1.71. The second-order valence-corrected chi connectivity index (χ2v) is 9.95. The van der Waals surface area contributed by atoms with Crippen molar-refractivity contribution in [2.45, 2.75) is 13.0 Å². The van der Waals surface area contributed by atoms with E-state index in [0.717, 1.165) is 0 Å². The van der Waals surface area contributed by atoms with Crippen LogP contribution in [0.4, 0.5) is 0 Å². The molecule has 3 aromatic carbocycles. The molecular weight excluding hydrogens is 544 g/mol. The van der Waals surface area contributed by atoms with Crippen molar-refractivity contribution < 1.29 is 28.9 Å². The number of rotatable bonds is 9. The fourth-order valence-corrected chi connectivity index (χ4v) is 5.52. The molecule has 1 atom stereocenters. The number of hydrogen-bond donors (Lipinski definition) is 0. The van der Waals surface area contributed by atoms with Gasteiger partial charge in [0.15, 0.2) is 4.80 Å². The van der Waals surface area contributed by atoms with E-state index in [1.165, 1.54) is 15.9 Å². The molecule has 0 bridgehead atoms. The molecule has 1 aliphatic heterocycles. The highest BCUT2D eigenvalue weighted by atomic mass is 32.1. The Bertz CT molecular complexity index is 1810. The van der Waals surface area contributed by atoms with E-state index in [-0.39, 0.29) is 17.7 Å². The lowest BCUT2D eigenvalue weighted by molar-refractivity contribution is -0.307. The summed E-state index contributed by atoms with van der Waals surface area (Å²) in [7, 11) is 1.55. The van der Waals surface area contributed by atoms with Crippen LogP contribution in [-0.4, -0.2) is 36.8 Å². The predicted molar refractivity (Wildman–Crippen MR) is 151 cm³/mol. The van der Waals surface area contributed by atoms with Crippen molar-refractivity contribution in [3.8, 4) is 11.5 Å². The molecule has 41 heavy (non-hydrogen) atoms. The van der Waals surface area contributed by atoms with Crippen LogP contribution in [0.5, 0.6) is 11.5 Å². The van der Waals surface area contributed by atoms with E-state index >= 15 is 0 Å². The van der Waals surface area contributed by atoms with E-state index in [0.29, 0.717) is 43.2 Å². The van der Waals surface area contributed by atoms with Crippen LogP contribution >= 0.6 is 11.3 Å². The Balaban J connectivity index is 1.72. The van der Waals surface area contributed by atoms with Crippen molar-refractivity contribution in [1.82, 2.24) is 4.57 Å². The summed E-state index contributed by atoms with van der Waals surface area (Å²) in [5.74, 6) is -0.952. The Hall–Kier alpha value is -4.96. The van der Waals surface area contributed by atoms with Gasteiger partial charge in [-0.1, -0.05) is 65.9 Å². The molecule has 0 saturated heterocycles. The molecule has 0 amide bonds. The molecule has 10 heteroatoms. The zero-order valence-corrected chi connectivity index (χ0v) is 23.1. The first-order valence-electron chi connectivity index (χ1n) is 12.7. The van der Waals surface area contributed by atoms with Gasteiger partial charge in [0.1, 0.15) is 18.1 Å². The minimum Gasteiger partial charge on any atom is -0.546 e. The van der Waals surface area contributed by atoms with Gasteiger partial charge in [0.2, 0.25) is 0 Å². The third kappa shape index (κ3) is 5.82. The lowest BCUT2D eigenvalue weighted by Crippen LogP contribution is -2.40. The molecule has 5 rings (SSSR count). The average Bonchev–Trinajstić information content (AvgIpc) is 3.30. The maximum Gasteiger partial charge on any atom is 0.338 e. The van der Waals surface area contributed by atoms with Gasteiger partial charge in [-0.25, -0.2) is 9.79 Å². The standard InChI is InChI=1S/C31H26N2O7S/c1-3-39-30(37)26-27(20-8-5-4-6-9-20)32-31-33(28(26)21-10-7-11-23(17-21)38-2)29(36)24(41-31)16-19-12-14-22(15-13-19)40-18-25(34)35/h4-17,28H,3,18H2,1-2H3,(H,34,35)/p-1/t28-/m1/s1. The summed E-state index contributed by atoms with van der Waals surface area (Å²) in [6, 6.07) is 22.4. The second kappa shape index (κ2) is 12.1. The van der Waals surface area contributed by atoms with Crippen molar-refractivity contribution in [3.63, 3.8) is 0 Å². The molecule has 4 aromatic rings. The molecule has 1 aliphatic rings. The van der Waals surface area contributed by atoms with Crippen LogP contribution in [0.1, 0.15) is 29.7 Å². The maximum absolute atomic E-state index is 13.9. The summed E-state index contributed by atoms with van der Waals surface area (Å²) in [5, 5.41) is 10.7. The van der Waals surface area contributed by atoms with Crippen LogP contribution in [0.3, 0.4) is 0 Å². The molecule has 2 heterocycles. The topological polar surface area (TPSA) is 119 Å². The molecule has 208 valence electrons. The number of esters is 1. The summed E-state index contributed by atoms with van der Waals surface area (Å²) in [4.78, 5) is 43.4. The number of nitrogens with zero attached hydrogens (tertiary/aromatic N) is 2. The Morgan fingerprint density at radius 2 is 1.78 bits per heavy atom. The normalized spacial score (nSPS) is 14.7. The zero-order chi connectivity index (χ0) is 28.9. The average molecular weight is 570 g/mol. The highest BCUT2D eigenvalue weighted by Crippen LogP contribution is 2.36. The van der Waals surface area contributed by atoms with Crippen molar-refractivity contribution in [3.05, 3.63) is 121 Å². The highest BCUT2D eigenvalue weighted by Gasteiger charge is 2.35. The van der Waals surface area contributed by atoms with Gasteiger partial charge in [0.05, 0.1) is 41.5 Å². The summed E-state index contributed by atoms with van der Waals surface area (Å²) < 4.78 is 18.0. The molecule has 1 aromatic heterocycles. The number of carboxylic acid groups (broad SMARTS) is 1. The SMILES string of the molecule is CCOC(=O)C1=C(c2ccccc2)N=c2sc(=Cc3ccc(OCC(=O)[O-])cc3)c(=O)n2[C@@H]1c1cccc(OC)c1. The Kier molecular flexibility index (Phi) is 8.11. The summed E-state index contributed by atoms with van der Waals surface area (Å²) in [6.45, 7) is 1.32. The van der Waals surface area contributed by atoms with Gasteiger partial charge in [0.25, 0.3) is 5.56 Å². The number of ether oxygens (including phenoxy) is 3. The summed E-state index contributed by atoms with van der Waals surface area (Å²) >= 11 is 1.20. The Morgan fingerprint density at radius 3 is 2.46 bits per heavy atom. The van der Waals surface area contributed by atoms with Crippen LogP contribution in [0.15, 0.2) is 94.2 Å². The number of benzene rings is 3. The van der Waals surface area contributed by atoms with Crippen molar-refractivity contribution in [1.29, 1.82) is 0 Å². The number of carboxylic acids is 1. The molecular formula is C31H25N2O7S-. The monoisotopic (exact) mass is 569 g/mol. The lowest BCUT2D eigenvalue weighted by Gasteiger charge is -2.26. The van der Waals surface area contributed by atoms with Crippen molar-refractivity contribution >= 4 is 35.0 Å².